The van der Waals surface area contributed by atoms with E-state index in [1.165, 1.54) is 94.0 Å². The Kier molecular flexibility index (Phi) is 11.1. The molecule has 5 nitrogen and oxygen atoms in total. The molecule has 13 aromatic rings. The van der Waals surface area contributed by atoms with Crippen molar-refractivity contribution in [3.63, 3.8) is 0 Å². The van der Waals surface area contributed by atoms with Crippen molar-refractivity contribution in [2.75, 3.05) is 19.6 Å². The largest absolute Gasteiger partial charge is 0.311 e. The second-order valence-electron chi connectivity index (χ2n) is 25.0. The lowest BCUT2D eigenvalue weighted by molar-refractivity contribution is 0.590. The third kappa shape index (κ3) is 7.77. The van der Waals surface area contributed by atoms with Gasteiger partial charge in [-0.2, -0.15) is 0 Å². The molecule has 0 aliphatic carbocycles. The summed E-state index contributed by atoms with van der Waals surface area (Å²) in [5.74, 6) is 0. The maximum Gasteiger partial charge on any atom is 0.252 e. The summed E-state index contributed by atoms with van der Waals surface area (Å²) in [6, 6.07) is 100. The molecule has 0 N–H and O–H groups in total. The molecule has 0 bridgehead atoms. The van der Waals surface area contributed by atoms with Gasteiger partial charge in [-0.1, -0.05) is 199 Å². The molecule has 6 heteroatoms. The fourth-order valence-electron chi connectivity index (χ4n) is 13.8. The first-order valence-corrected chi connectivity index (χ1v) is 29.5. The molecule has 1 aromatic heterocycles. The SMILES string of the molecule is CC(C)(C)c1ccc(N(c2ccc(C(C)(C)C)cc2)c2ccc3c(c2)N(c2ccc(-c4ccc5ccccc5c4)cc2)c2cc(N(c4ccccc4)c4ccccc4)cc4c2B3c2cccc3c2N4c2cccc4c5ccccc5n-3c24)cc1. The highest BCUT2D eigenvalue weighted by Gasteiger charge is 2.47. The van der Waals surface area contributed by atoms with Crippen LogP contribution in [0.2, 0.25) is 0 Å². The molecular weight excluding hydrogens is 1020 g/mol. The van der Waals surface area contributed by atoms with Crippen molar-refractivity contribution in [2.45, 2.75) is 52.4 Å². The van der Waals surface area contributed by atoms with E-state index in [2.05, 4.69) is 333 Å². The van der Waals surface area contributed by atoms with Gasteiger partial charge >= 0.3 is 0 Å². The molecule has 0 radical (unpaired) electrons. The normalized spacial score (nSPS) is 13.0. The molecule has 0 saturated heterocycles. The summed E-state index contributed by atoms with van der Waals surface area (Å²) in [5.41, 5.74) is 25.8. The van der Waals surface area contributed by atoms with Crippen LogP contribution in [0.3, 0.4) is 0 Å². The Bertz CT molecular complexity index is 4650. The van der Waals surface area contributed by atoms with Gasteiger partial charge in [0.25, 0.3) is 6.71 Å². The summed E-state index contributed by atoms with van der Waals surface area (Å²) in [6.45, 7) is 13.6. The van der Waals surface area contributed by atoms with Crippen LogP contribution < -0.4 is 36.0 Å². The van der Waals surface area contributed by atoms with Gasteiger partial charge in [0.15, 0.2) is 0 Å². The fourth-order valence-corrected chi connectivity index (χ4v) is 13.8. The molecule has 0 spiro atoms. The minimum absolute atomic E-state index is 0.00429. The summed E-state index contributed by atoms with van der Waals surface area (Å²) in [4.78, 5) is 10.1. The van der Waals surface area contributed by atoms with Crippen LogP contribution >= 0.6 is 0 Å². The molecule has 16 rings (SSSR count). The van der Waals surface area contributed by atoms with Gasteiger partial charge in [0.05, 0.1) is 33.8 Å². The number of hydrogen-bond acceptors (Lipinski definition) is 4. The molecule has 84 heavy (non-hydrogen) atoms. The van der Waals surface area contributed by atoms with Gasteiger partial charge < -0.3 is 24.2 Å². The molecule has 0 saturated carbocycles. The number of para-hydroxylation sites is 5. The molecule has 0 atom stereocenters. The molecule has 0 unspecified atom stereocenters. The first-order valence-electron chi connectivity index (χ1n) is 29.5. The second kappa shape index (κ2) is 18.7. The zero-order chi connectivity index (χ0) is 56.6. The summed E-state index contributed by atoms with van der Waals surface area (Å²) >= 11 is 0. The van der Waals surface area contributed by atoms with Crippen LogP contribution in [-0.2, 0) is 10.8 Å². The number of anilines is 12. The number of benzene rings is 12. The maximum absolute atomic E-state index is 2.61. The van der Waals surface area contributed by atoms with E-state index in [1.807, 2.05) is 0 Å². The van der Waals surface area contributed by atoms with Crippen LogP contribution in [-0.4, -0.2) is 11.3 Å². The van der Waals surface area contributed by atoms with Crippen molar-refractivity contribution >= 4 is 124 Å². The average molecular weight is 1080 g/mol. The van der Waals surface area contributed by atoms with Gasteiger partial charge in [-0.3, -0.25) is 0 Å². The number of nitrogens with zero attached hydrogens (tertiary/aromatic N) is 5. The van der Waals surface area contributed by atoms with Gasteiger partial charge in [0.1, 0.15) is 0 Å². The Morgan fingerprint density at radius 2 is 0.857 bits per heavy atom. The highest BCUT2D eigenvalue weighted by molar-refractivity contribution is 7.00. The predicted molar refractivity (Wildman–Crippen MR) is 358 cm³/mol. The van der Waals surface area contributed by atoms with Crippen molar-refractivity contribution in [3.8, 4) is 16.8 Å². The van der Waals surface area contributed by atoms with E-state index in [-0.39, 0.29) is 17.5 Å². The predicted octanol–water partition coefficient (Wildman–Crippen LogP) is 19.5. The van der Waals surface area contributed by atoms with Crippen molar-refractivity contribution in [1.82, 2.24) is 4.57 Å². The summed E-state index contributed by atoms with van der Waals surface area (Å²) in [5, 5.41) is 4.97. The molecule has 0 amide bonds. The van der Waals surface area contributed by atoms with Gasteiger partial charge in [0, 0.05) is 62.0 Å². The number of hydrogen-bond donors (Lipinski definition) is 0. The smallest absolute Gasteiger partial charge is 0.252 e. The summed E-state index contributed by atoms with van der Waals surface area (Å²) in [6.07, 6.45) is 0. The molecule has 12 aromatic carbocycles. The van der Waals surface area contributed by atoms with E-state index in [1.54, 1.807) is 0 Å². The van der Waals surface area contributed by atoms with Gasteiger partial charge in [0.2, 0.25) is 0 Å². The molecule has 0 fully saturated rings. The standard InChI is InChI=1S/C78H62BN5/c1-77(2,3)55-35-41-59(42-36-55)80(60-43-37-56(38-44-60)78(4,5)6)62-45-46-66-71(48-62)82(61-39-33-52(34-40-61)54-32-31-51-19-13-14-20-53(51)47-54)72-49-63(81(57-21-9-7-10-22-57)58-23-11-8-12-24-58)50-73-74(72)79(66)67-27-18-30-70-76(67)84(73)69-29-17-26-65-64-25-15-16-28-68(64)83(70)75(65)69/h7-50H,1-6H3. The fraction of sp³-hybridized carbons (Fsp3) is 0.103. The lowest BCUT2D eigenvalue weighted by atomic mass is 9.33. The first-order chi connectivity index (χ1) is 40.9. The van der Waals surface area contributed by atoms with E-state index < -0.39 is 0 Å². The van der Waals surface area contributed by atoms with Crippen molar-refractivity contribution in [2.24, 2.45) is 0 Å². The lowest BCUT2D eigenvalue weighted by Crippen LogP contribution is -2.61. The van der Waals surface area contributed by atoms with Crippen molar-refractivity contribution in [1.29, 1.82) is 0 Å². The van der Waals surface area contributed by atoms with Gasteiger partial charge in [-0.05, 0) is 169 Å². The van der Waals surface area contributed by atoms with Crippen LogP contribution in [0.25, 0.3) is 49.4 Å². The van der Waals surface area contributed by atoms with Crippen LogP contribution in [0.1, 0.15) is 52.7 Å². The van der Waals surface area contributed by atoms with Crippen molar-refractivity contribution in [3.05, 3.63) is 278 Å². The molecular formula is C78H62BN5. The van der Waals surface area contributed by atoms with Crippen LogP contribution in [0.15, 0.2) is 267 Å². The Hall–Kier alpha value is -10.0. The monoisotopic (exact) mass is 1080 g/mol. The minimum atomic E-state index is -0.123. The molecule has 3 aliphatic rings. The Balaban J connectivity index is 0.995. The van der Waals surface area contributed by atoms with E-state index in [4.69, 9.17) is 0 Å². The van der Waals surface area contributed by atoms with Crippen LogP contribution in [0, 0.1) is 0 Å². The van der Waals surface area contributed by atoms with E-state index >= 15 is 0 Å². The number of rotatable bonds is 8. The minimum Gasteiger partial charge on any atom is -0.311 e. The second-order valence-corrected chi connectivity index (χ2v) is 25.0. The van der Waals surface area contributed by atoms with E-state index in [0.29, 0.717) is 0 Å². The van der Waals surface area contributed by atoms with Crippen molar-refractivity contribution < 1.29 is 0 Å². The van der Waals surface area contributed by atoms with Gasteiger partial charge in [-0.25, -0.2) is 0 Å². The van der Waals surface area contributed by atoms with Crippen LogP contribution in [0.4, 0.5) is 68.2 Å². The molecule has 402 valence electrons. The summed E-state index contributed by atoms with van der Waals surface area (Å²) < 4.78 is 2.54. The zero-order valence-corrected chi connectivity index (χ0v) is 48.2. The number of fused-ring (bicyclic) bond motifs is 10. The highest BCUT2D eigenvalue weighted by Crippen LogP contribution is 2.54. The highest BCUT2D eigenvalue weighted by atomic mass is 15.2. The molecule has 4 heterocycles. The number of aromatic nitrogens is 1. The third-order valence-corrected chi connectivity index (χ3v) is 17.9. The molecule has 3 aliphatic heterocycles. The lowest BCUT2D eigenvalue weighted by Gasteiger charge is -2.47. The van der Waals surface area contributed by atoms with Gasteiger partial charge in [-0.15, -0.1) is 0 Å². The van der Waals surface area contributed by atoms with Crippen LogP contribution in [0.5, 0.6) is 0 Å². The summed E-state index contributed by atoms with van der Waals surface area (Å²) in [7, 11) is 0. The van der Waals surface area contributed by atoms with E-state index in [0.717, 1.165) is 51.2 Å². The Labute approximate surface area is 492 Å². The average Bonchev–Trinajstić information content (AvgIpc) is 1.15. The third-order valence-electron chi connectivity index (χ3n) is 17.9. The quantitative estimate of drug-likeness (QED) is 0.141. The first kappa shape index (κ1) is 49.8. The Morgan fingerprint density at radius 1 is 0.333 bits per heavy atom. The zero-order valence-electron chi connectivity index (χ0n) is 48.2. The topological polar surface area (TPSA) is 17.9 Å². The maximum atomic E-state index is 2.61. The Morgan fingerprint density at radius 3 is 1.52 bits per heavy atom. The van der Waals surface area contributed by atoms with E-state index in [9.17, 15) is 0 Å².